The summed E-state index contributed by atoms with van der Waals surface area (Å²) in [5, 5.41) is 5.45. The summed E-state index contributed by atoms with van der Waals surface area (Å²) < 4.78 is 10.6. The Morgan fingerprint density at radius 1 is 0.674 bits per heavy atom. The van der Waals surface area contributed by atoms with E-state index in [1.54, 1.807) is 0 Å². The molecule has 0 saturated carbocycles. The van der Waals surface area contributed by atoms with Crippen LogP contribution in [0.3, 0.4) is 0 Å². The molecule has 0 unspecified atom stereocenters. The van der Waals surface area contributed by atoms with Crippen molar-refractivity contribution in [2.45, 2.75) is 65.7 Å². The van der Waals surface area contributed by atoms with E-state index in [-0.39, 0.29) is 5.41 Å². The molecule has 0 bridgehead atoms. The summed E-state index contributed by atoms with van der Waals surface area (Å²) >= 11 is 0. The third-order valence-electron chi connectivity index (χ3n) is 8.48. The van der Waals surface area contributed by atoms with Crippen molar-refractivity contribution in [1.82, 2.24) is 19.3 Å². The van der Waals surface area contributed by atoms with Crippen LogP contribution in [0.2, 0.25) is 0 Å². The Morgan fingerprint density at radius 3 is 1.89 bits per heavy atom. The highest BCUT2D eigenvalue weighted by Crippen LogP contribution is 2.47. The van der Waals surface area contributed by atoms with Crippen molar-refractivity contribution in [3.8, 4) is 51.0 Å². The number of hydrogen-bond donors (Lipinski definition) is 0. The molecule has 0 amide bonds. The fourth-order valence-electron chi connectivity index (χ4n) is 6.33. The molecule has 0 aliphatic rings. The summed E-state index contributed by atoms with van der Waals surface area (Å²) in [6.45, 7) is 16.0. The van der Waals surface area contributed by atoms with Gasteiger partial charge in [0, 0.05) is 47.6 Å². The molecule has 2 heterocycles. The van der Waals surface area contributed by atoms with E-state index in [9.17, 15) is 0 Å². The van der Waals surface area contributed by atoms with Gasteiger partial charge in [0.25, 0.3) is 0 Å². The minimum atomic E-state index is -0.221. The Balaban J connectivity index is 1.55. The second kappa shape index (κ2) is 12.5. The Morgan fingerprint density at radius 2 is 1.28 bits per heavy atom. The number of aromatic nitrogens is 4. The van der Waals surface area contributed by atoms with E-state index >= 15 is 0 Å². The van der Waals surface area contributed by atoms with Gasteiger partial charge in [-0.25, -0.2) is 9.67 Å². The predicted octanol–water partition coefficient (Wildman–Crippen LogP) is 10.9. The minimum absolute atomic E-state index is 0.221. The first-order valence-electron chi connectivity index (χ1n) is 16.2. The topological polar surface area (TPSA) is 44.9 Å². The van der Waals surface area contributed by atoms with Gasteiger partial charge in [-0.3, -0.25) is 0 Å². The van der Waals surface area contributed by atoms with Crippen molar-refractivity contribution in [3.63, 3.8) is 0 Å². The number of ether oxygens (including phenoxy) is 1. The van der Waals surface area contributed by atoms with Crippen LogP contribution in [0.4, 0.5) is 0 Å². The van der Waals surface area contributed by atoms with Gasteiger partial charge in [-0.2, -0.15) is 5.10 Å². The fourth-order valence-corrected chi connectivity index (χ4v) is 6.33. The monoisotopic (exact) mass is 608 g/mol. The molecule has 5 heteroatoms. The number of benzene rings is 4. The van der Waals surface area contributed by atoms with Crippen molar-refractivity contribution in [1.29, 1.82) is 0 Å². The molecule has 4 aromatic carbocycles. The highest BCUT2D eigenvalue weighted by atomic mass is 16.5. The largest absolute Gasteiger partial charge is 0.457 e. The first-order chi connectivity index (χ1) is 22.0. The Hall–Kier alpha value is -4.90. The number of aryl methyl sites for hydroxylation is 1. The van der Waals surface area contributed by atoms with Crippen LogP contribution in [0.5, 0.6) is 11.5 Å². The summed E-state index contributed by atoms with van der Waals surface area (Å²) in [6.07, 6.45) is 3.76. The zero-order chi connectivity index (χ0) is 32.6. The molecular formula is C41H44N4O. The smallest absolute Gasteiger partial charge is 0.139 e. The van der Waals surface area contributed by atoms with Crippen molar-refractivity contribution < 1.29 is 4.74 Å². The summed E-state index contributed by atoms with van der Waals surface area (Å²) in [5.41, 5.74) is 10.2. The van der Waals surface area contributed by atoms with Gasteiger partial charge in [0.1, 0.15) is 23.0 Å². The molecule has 5 nitrogen and oxygen atoms in total. The van der Waals surface area contributed by atoms with E-state index in [1.807, 2.05) is 54.3 Å². The van der Waals surface area contributed by atoms with E-state index in [2.05, 4.69) is 125 Å². The van der Waals surface area contributed by atoms with Crippen molar-refractivity contribution in [2.24, 2.45) is 7.05 Å². The lowest BCUT2D eigenvalue weighted by Gasteiger charge is -2.26. The molecule has 0 radical (unpaired) electrons. The van der Waals surface area contributed by atoms with E-state index < -0.39 is 0 Å². The minimum Gasteiger partial charge on any atom is -0.457 e. The van der Waals surface area contributed by atoms with Gasteiger partial charge in [-0.05, 0) is 52.8 Å². The molecule has 0 aliphatic heterocycles. The van der Waals surface area contributed by atoms with Crippen LogP contribution < -0.4 is 4.74 Å². The Kier molecular flexibility index (Phi) is 8.43. The van der Waals surface area contributed by atoms with Gasteiger partial charge >= 0.3 is 0 Å². The molecule has 0 saturated heterocycles. The summed E-state index contributed by atoms with van der Waals surface area (Å²) in [6, 6.07) is 33.7. The van der Waals surface area contributed by atoms with Crippen LogP contribution >= 0.6 is 0 Å². The van der Waals surface area contributed by atoms with Gasteiger partial charge in [-0.1, -0.05) is 115 Å². The van der Waals surface area contributed by atoms with Crippen molar-refractivity contribution in [3.05, 3.63) is 126 Å². The van der Waals surface area contributed by atoms with Gasteiger partial charge in [0.15, 0.2) is 0 Å². The lowest BCUT2D eigenvalue weighted by Crippen LogP contribution is -2.19. The lowest BCUT2D eigenvalue weighted by atomic mass is 9.79. The quantitative estimate of drug-likeness (QED) is 0.173. The highest BCUT2D eigenvalue weighted by Gasteiger charge is 2.32. The number of hydrogen-bond acceptors (Lipinski definition) is 3. The molecule has 0 aliphatic carbocycles. The van der Waals surface area contributed by atoms with Crippen molar-refractivity contribution >= 4 is 0 Å². The average Bonchev–Trinajstić information content (AvgIpc) is 3.65. The molecular weight excluding hydrogens is 564 g/mol. The Labute approximate surface area is 273 Å². The molecule has 0 N–H and O–H groups in total. The average molecular weight is 609 g/mol. The summed E-state index contributed by atoms with van der Waals surface area (Å²) in [7, 11) is 2.00. The van der Waals surface area contributed by atoms with Crippen LogP contribution in [0.15, 0.2) is 109 Å². The molecule has 0 spiro atoms. The molecule has 6 rings (SSSR count). The van der Waals surface area contributed by atoms with Crippen LogP contribution in [0, 0.1) is 0 Å². The van der Waals surface area contributed by atoms with Gasteiger partial charge in [0.2, 0.25) is 0 Å². The zero-order valence-corrected chi connectivity index (χ0v) is 28.2. The molecule has 46 heavy (non-hydrogen) atoms. The first-order valence-corrected chi connectivity index (χ1v) is 16.2. The molecule has 0 fully saturated rings. The van der Waals surface area contributed by atoms with Crippen LogP contribution in [0.1, 0.15) is 77.1 Å². The van der Waals surface area contributed by atoms with Gasteiger partial charge in [0.05, 0.1) is 11.4 Å². The lowest BCUT2D eigenvalue weighted by molar-refractivity contribution is 0.481. The first kappa shape index (κ1) is 31.1. The second-order valence-electron chi connectivity index (χ2n) is 13.7. The molecule has 234 valence electrons. The van der Waals surface area contributed by atoms with E-state index in [0.29, 0.717) is 11.8 Å². The van der Waals surface area contributed by atoms with Crippen LogP contribution in [0.25, 0.3) is 39.5 Å². The number of nitrogens with zero attached hydrogens (tertiary/aromatic N) is 4. The highest BCUT2D eigenvalue weighted by molar-refractivity contribution is 5.88. The number of rotatable bonds is 8. The summed E-state index contributed by atoms with van der Waals surface area (Å²) in [5.74, 6) is 3.11. The molecule has 2 aromatic heterocycles. The molecule has 0 atom stereocenters. The maximum Gasteiger partial charge on any atom is 0.139 e. The Bertz CT molecular complexity index is 1950. The third-order valence-corrected chi connectivity index (χ3v) is 8.48. The maximum atomic E-state index is 6.47. The zero-order valence-electron chi connectivity index (χ0n) is 28.2. The second-order valence-corrected chi connectivity index (χ2v) is 13.7. The normalized spacial score (nSPS) is 11.9. The summed E-state index contributed by atoms with van der Waals surface area (Å²) in [4.78, 5) is 4.51. The van der Waals surface area contributed by atoms with Crippen molar-refractivity contribution in [2.75, 3.05) is 0 Å². The van der Waals surface area contributed by atoms with E-state index in [0.717, 1.165) is 39.8 Å². The third kappa shape index (κ3) is 6.02. The standard InChI is InChI=1S/C41H44N4O/c1-27(2)34-21-14-22-35(28(3)4)36(34)37-38(29-15-10-9-11-16-29)43-45(39(37)41(5,6)7)31-18-13-20-33(26-31)46-32-19-12-17-30(25-32)40-42-23-24-44(40)8/h9-28H,1-8H3. The van der Waals surface area contributed by atoms with Gasteiger partial charge in [-0.15, -0.1) is 0 Å². The van der Waals surface area contributed by atoms with Gasteiger partial charge < -0.3 is 9.30 Å². The van der Waals surface area contributed by atoms with Crippen LogP contribution in [-0.2, 0) is 12.5 Å². The van der Waals surface area contributed by atoms with Crippen LogP contribution in [-0.4, -0.2) is 19.3 Å². The number of imidazole rings is 1. The van der Waals surface area contributed by atoms with E-state index in [4.69, 9.17) is 9.84 Å². The fraction of sp³-hybridized carbons (Fsp3) is 0.268. The predicted molar refractivity (Wildman–Crippen MR) is 190 cm³/mol. The van der Waals surface area contributed by atoms with E-state index in [1.165, 1.54) is 27.9 Å². The maximum absolute atomic E-state index is 6.47. The molecule has 6 aromatic rings. The SMILES string of the molecule is CC(C)c1cccc(C(C)C)c1-c1c(-c2ccccc2)nn(-c2cccc(Oc3cccc(-c4nccn4C)c3)c2)c1C(C)(C)C.